The van der Waals surface area contributed by atoms with Crippen LogP contribution in [0.3, 0.4) is 0 Å². The van der Waals surface area contributed by atoms with Crippen molar-refractivity contribution in [3.05, 3.63) is 30.0 Å². The Balaban J connectivity index is 1.14. The van der Waals surface area contributed by atoms with Crippen molar-refractivity contribution >= 4 is 34.4 Å². The maximum Gasteiger partial charge on any atom is 0.374 e. The molecule has 6 rings (SSSR count). The molecule has 0 radical (unpaired) electrons. The van der Waals surface area contributed by atoms with Crippen LogP contribution in [0.25, 0.3) is 11.0 Å². The first-order chi connectivity index (χ1) is 21.9. The molecule has 2 amide bonds. The number of likely N-dealkylation sites (tertiary alicyclic amines) is 1. The van der Waals surface area contributed by atoms with Crippen LogP contribution in [0.5, 0.6) is 0 Å². The molecule has 4 fully saturated rings. The van der Waals surface area contributed by atoms with Crippen LogP contribution in [0.15, 0.2) is 28.7 Å². The number of nitrogens with two attached hydrogens (primary N) is 1. The second-order valence-electron chi connectivity index (χ2n) is 13.7. The zero-order valence-electron chi connectivity index (χ0n) is 26.2. The smallest absolute Gasteiger partial charge is 0.374 e. The summed E-state index contributed by atoms with van der Waals surface area (Å²) in [5, 5.41) is 3.79. The van der Waals surface area contributed by atoms with Crippen molar-refractivity contribution in [2.45, 2.75) is 102 Å². The van der Waals surface area contributed by atoms with E-state index in [1.54, 1.807) is 24.3 Å². The fourth-order valence-corrected chi connectivity index (χ4v) is 8.30. The van der Waals surface area contributed by atoms with Crippen LogP contribution >= 0.6 is 0 Å². The number of fused-ring (bicyclic) bond motifs is 1. The van der Waals surface area contributed by atoms with Gasteiger partial charge in [-0.3, -0.25) is 14.0 Å². The number of amides is 2. The number of nitrogens with zero attached hydrogens (tertiary/aromatic N) is 1. The monoisotopic (exact) mass is 625 g/mol. The summed E-state index contributed by atoms with van der Waals surface area (Å²) in [7, 11) is 0. The number of furan rings is 1. The van der Waals surface area contributed by atoms with Gasteiger partial charge in [0.2, 0.25) is 17.6 Å². The Kier molecular flexibility index (Phi) is 10.4. The summed E-state index contributed by atoms with van der Waals surface area (Å²) in [6.45, 7) is 1.07. The van der Waals surface area contributed by atoms with Gasteiger partial charge in [0.05, 0.1) is 12.8 Å². The van der Waals surface area contributed by atoms with E-state index in [0.29, 0.717) is 42.1 Å². The molecule has 1 aromatic heterocycles. The summed E-state index contributed by atoms with van der Waals surface area (Å²) in [5.41, 5.74) is 7.32. The fourth-order valence-electron chi connectivity index (χ4n) is 8.30. The topological polar surface area (TPSA) is 124 Å². The van der Waals surface area contributed by atoms with Gasteiger partial charge in [-0.25, -0.2) is 4.79 Å². The summed E-state index contributed by atoms with van der Waals surface area (Å²) in [4.78, 5) is 42.5. The van der Waals surface area contributed by atoms with Gasteiger partial charge in [0.1, 0.15) is 18.2 Å². The zero-order valence-corrected chi connectivity index (χ0v) is 26.2. The molecule has 45 heavy (non-hydrogen) atoms. The summed E-state index contributed by atoms with van der Waals surface area (Å²) in [6, 6.07) is 6.26. The molecule has 9 nitrogen and oxygen atoms in total. The van der Waals surface area contributed by atoms with Crippen molar-refractivity contribution in [3.8, 4) is 0 Å². The Morgan fingerprint density at radius 3 is 2.53 bits per heavy atom. The molecule has 2 saturated heterocycles. The number of ether oxygens (including phenoxy) is 2. The van der Waals surface area contributed by atoms with Crippen LogP contribution in [0, 0.1) is 23.7 Å². The average molecular weight is 626 g/mol. The van der Waals surface area contributed by atoms with E-state index in [1.165, 1.54) is 19.3 Å². The summed E-state index contributed by atoms with van der Waals surface area (Å²) in [6.07, 6.45) is 11.9. The van der Waals surface area contributed by atoms with Gasteiger partial charge < -0.3 is 29.8 Å². The van der Waals surface area contributed by atoms with Crippen molar-refractivity contribution in [2.24, 2.45) is 29.4 Å². The molecule has 4 aliphatic rings. The number of hydrogen-bond donors (Lipinski definition) is 2. The van der Waals surface area contributed by atoms with E-state index in [-0.39, 0.29) is 54.1 Å². The molecule has 0 bridgehead atoms. The number of carbonyl (C=O) groups excluding carboxylic acids is 3. The van der Waals surface area contributed by atoms with Crippen molar-refractivity contribution in [1.29, 1.82) is 0 Å². The first-order valence-corrected chi connectivity index (χ1v) is 17.2. The molecule has 2 aromatic rings. The zero-order chi connectivity index (χ0) is 31.3. The highest BCUT2D eigenvalue weighted by Crippen LogP contribution is 2.41. The number of esters is 1. The number of nitrogens with one attached hydrogen (secondary N) is 1. The summed E-state index contributed by atoms with van der Waals surface area (Å²) < 4.78 is 29.5. The molecular weight excluding hydrogens is 577 g/mol. The highest BCUT2D eigenvalue weighted by atomic mass is 19.1. The number of hydrogen-bond acceptors (Lipinski definition) is 7. The molecule has 246 valence electrons. The van der Waals surface area contributed by atoms with Gasteiger partial charge in [-0.1, -0.05) is 32.1 Å². The number of alkyl halides is 1. The number of benzene rings is 1. The van der Waals surface area contributed by atoms with E-state index in [4.69, 9.17) is 19.6 Å². The van der Waals surface area contributed by atoms with Crippen molar-refractivity contribution in [3.63, 3.8) is 0 Å². The lowest BCUT2D eigenvalue weighted by Crippen LogP contribution is -2.50. The molecule has 2 saturated carbocycles. The molecule has 3 N–H and O–H groups in total. The third-order valence-electron chi connectivity index (χ3n) is 10.8. The molecule has 3 heterocycles. The van der Waals surface area contributed by atoms with Crippen LogP contribution in [-0.4, -0.2) is 67.3 Å². The minimum absolute atomic E-state index is 0.0691. The maximum absolute atomic E-state index is 14.1. The second-order valence-corrected chi connectivity index (χ2v) is 13.7. The lowest BCUT2D eigenvalue weighted by atomic mass is 9.76. The number of anilines is 1. The Hall–Kier alpha value is -2.98. The quantitative estimate of drug-likeness (QED) is 0.311. The van der Waals surface area contributed by atoms with Crippen LogP contribution in [0.4, 0.5) is 10.1 Å². The van der Waals surface area contributed by atoms with Gasteiger partial charge >= 0.3 is 5.97 Å². The van der Waals surface area contributed by atoms with Gasteiger partial charge in [0.15, 0.2) is 0 Å². The predicted octanol–water partition coefficient (Wildman–Crippen LogP) is 6.00. The third-order valence-corrected chi connectivity index (χ3v) is 10.8. The second kappa shape index (κ2) is 14.6. The Bertz CT molecular complexity index is 1330. The standard InChI is InChI=1S/C35H48FN3O6/c36-16-14-29(37)23-8-10-24(11-9-23)34(41)39-17-15-28(22-5-2-1-3-6-22)32(39)33(40)38-26-12-13-30-25(19-26)20-31(45-30)35(42)44-21-27-7-4-18-43-27/h12-13,19-20,22-24,27-29,32H,1-11,14-18,21,37H2,(H,38,40)/t23?,24?,27-,28-,29+,32-/m0/s1. The maximum atomic E-state index is 14.1. The first-order valence-electron chi connectivity index (χ1n) is 17.2. The Morgan fingerprint density at radius 2 is 1.80 bits per heavy atom. The van der Waals surface area contributed by atoms with Gasteiger partial charge in [0, 0.05) is 36.2 Å². The average Bonchev–Trinajstić information content (AvgIpc) is 3.84. The number of halogens is 1. The van der Waals surface area contributed by atoms with Crippen LogP contribution in [-0.2, 0) is 19.1 Å². The van der Waals surface area contributed by atoms with Crippen molar-refractivity contribution in [2.75, 3.05) is 31.7 Å². The SMILES string of the molecule is N[C@H](CCF)C1CCC(C(=O)N2CC[C@@H](C3CCCCC3)[C@H]2C(=O)Nc2ccc3oc(C(=O)OC[C@@H]4CCCO4)cc3c2)CC1. The van der Waals surface area contributed by atoms with E-state index < -0.39 is 18.7 Å². The van der Waals surface area contributed by atoms with E-state index >= 15 is 0 Å². The van der Waals surface area contributed by atoms with E-state index in [2.05, 4.69) is 5.32 Å². The molecular formula is C35H48FN3O6. The Morgan fingerprint density at radius 1 is 1.00 bits per heavy atom. The van der Waals surface area contributed by atoms with Crippen molar-refractivity contribution < 1.29 is 32.7 Å². The minimum Gasteiger partial charge on any atom is -0.457 e. The molecule has 1 aromatic carbocycles. The van der Waals surface area contributed by atoms with Crippen LogP contribution < -0.4 is 11.1 Å². The lowest BCUT2D eigenvalue weighted by Gasteiger charge is -2.37. The molecule has 4 atom stereocenters. The normalized spacial score (nSPS) is 28.3. The van der Waals surface area contributed by atoms with Gasteiger partial charge in [-0.2, -0.15) is 0 Å². The fraction of sp³-hybridized carbons (Fsp3) is 0.686. The predicted molar refractivity (Wildman–Crippen MR) is 168 cm³/mol. The minimum atomic E-state index is -0.541. The molecule has 2 aliphatic heterocycles. The van der Waals surface area contributed by atoms with Gasteiger partial charge in [0.25, 0.3) is 0 Å². The summed E-state index contributed by atoms with van der Waals surface area (Å²) in [5.74, 6) is 0.168. The Labute approximate surface area is 264 Å². The van der Waals surface area contributed by atoms with Crippen molar-refractivity contribution in [1.82, 2.24) is 4.90 Å². The molecule has 0 spiro atoms. The molecule has 10 heteroatoms. The number of rotatable bonds is 10. The summed E-state index contributed by atoms with van der Waals surface area (Å²) >= 11 is 0. The third kappa shape index (κ3) is 7.38. The van der Waals surface area contributed by atoms with E-state index in [0.717, 1.165) is 57.8 Å². The highest BCUT2D eigenvalue weighted by molar-refractivity contribution is 6.00. The van der Waals surface area contributed by atoms with Gasteiger partial charge in [-0.05, 0) is 93.4 Å². The lowest BCUT2D eigenvalue weighted by molar-refractivity contribution is -0.142. The molecule has 0 unspecified atom stereocenters. The first kappa shape index (κ1) is 32.0. The molecule has 2 aliphatic carbocycles. The highest BCUT2D eigenvalue weighted by Gasteiger charge is 2.47. The van der Waals surface area contributed by atoms with Crippen LogP contribution in [0.1, 0.15) is 94.0 Å². The largest absolute Gasteiger partial charge is 0.457 e. The van der Waals surface area contributed by atoms with E-state index in [1.807, 2.05) is 4.90 Å². The number of carbonyl (C=O) groups is 3. The van der Waals surface area contributed by atoms with Gasteiger partial charge in [-0.15, -0.1) is 0 Å². The van der Waals surface area contributed by atoms with E-state index in [9.17, 15) is 18.8 Å². The van der Waals surface area contributed by atoms with Crippen LogP contribution in [0.2, 0.25) is 0 Å².